The summed E-state index contributed by atoms with van der Waals surface area (Å²) in [6.07, 6.45) is 0. The molecular weight excluding hydrogens is 370 g/mol. The van der Waals surface area contributed by atoms with Crippen LogP contribution in [-0.2, 0) is 16.1 Å². The van der Waals surface area contributed by atoms with Gasteiger partial charge in [-0.1, -0.05) is 35.9 Å². The molecule has 0 saturated heterocycles. The number of hydrogen-bond donors (Lipinski definition) is 1. The molecule has 0 aliphatic carbocycles. The van der Waals surface area contributed by atoms with E-state index < -0.39 is 11.9 Å². The maximum atomic E-state index is 12.2. The highest BCUT2D eigenvalue weighted by molar-refractivity contribution is 6.31. The second kappa shape index (κ2) is 8.01. The van der Waals surface area contributed by atoms with Crippen LogP contribution < -0.4 is 0 Å². The van der Waals surface area contributed by atoms with Crippen LogP contribution in [-0.4, -0.2) is 28.2 Å². The Hall–Kier alpha value is -3.19. The quantitative estimate of drug-likeness (QED) is 0.517. The van der Waals surface area contributed by atoms with Gasteiger partial charge in [-0.05, 0) is 31.2 Å². The van der Waals surface area contributed by atoms with Gasteiger partial charge in [0.25, 0.3) is 5.91 Å². The predicted octanol–water partition coefficient (Wildman–Crippen LogP) is 4.49. The number of aromatic nitrogens is 1. The number of para-hydroxylation sites is 1. The maximum absolute atomic E-state index is 12.2. The van der Waals surface area contributed by atoms with Gasteiger partial charge in [0.1, 0.15) is 6.54 Å². The Kier molecular flexibility index (Phi) is 5.52. The molecule has 0 spiro atoms. The molecule has 0 unspecified atom stereocenters. The van der Waals surface area contributed by atoms with Gasteiger partial charge in [-0.3, -0.25) is 14.2 Å². The first-order chi connectivity index (χ1) is 13.0. The Morgan fingerprint density at radius 2 is 1.96 bits per heavy atom. The topological polar surface area (TPSA) is 93.2 Å². The Morgan fingerprint density at radius 3 is 2.70 bits per heavy atom. The second-order valence-electron chi connectivity index (χ2n) is 5.60. The molecule has 0 aliphatic heterocycles. The van der Waals surface area contributed by atoms with Crippen molar-refractivity contribution in [3.8, 4) is 5.88 Å². The first-order valence-electron chi connectivity index (χ1n) is 8.18. The van der Waals surface area contributed by atoms with Gasteiger partial charge >= 0.3 is 5.97 Å². The first-order valence-corrected chi connectivity index (χ1v) is 8.56. The third kappa shape index (κ3) is 3.98. The number of hydrogen-bond acceptors (Lipinski definition) is 5. The van der Waals surface area contributed by atoms with Crippen molar-refractivity contribution < 1.29 is 19.4 Å². The number of amides is 1. The van der Waals surface area contributed by atoms with E-state index in [1.165, 1.54) is 10.6 Å². The smallest absolute Gasteiger partial charge is 0.326 e. The van der Waals surface area contributed by atoms with Crippen LogP contribution in [0.1, 0.15) is 17.3 Å². The number of halogens is 1. The number of carbonyl (C=O) groups is 2. The van der Waals surface area contributed by atoms with Crippen LogP contribution in [0.25, 0.3) is 10.9 Å². The molecule has 27 heavy (non-hydrogen) atoms. The summed E-state index contributed by atoms with van der Waals surface area (Å²) in [5.41, 5.74) is 0.957. The van der Waals surface area contributed by atoms with Crippen molar-refractivity contribution in [2.24, 2.45) is 10.2 Å². The third-order valence-corrected chi connectivity index (χ3v) is 4.06. The van der Waals surface area contributed by atoms with Crippen LogP contribution in [0.15, 0.2) is 58.8 Å². The summed E-state index contributed by atoms with van der Waals surface area (Å²) in [6.45, 7) is 1.75. The van der Waals surface area contributed by atoms with Gasteiger partial charge in [0.15, 0.2) is 5.69 Å². The molecule has 0 aliphatic rings. The van der Waals surface area contributed by atoms with Gasteiger partial charge in [0.05, 0.1) is 12.1 Å². The number of carbonyl (C=O) groups excluding carboxylic acids is 2. The molecule has 0 radical (unpaired) electrons. The minimum atomic E-state index is -0.598. The molecule has 3 rings (SSSR count). The van der Waals surface area contributed by atoms with Gasteiger partial charge in [0, 0.05) is 16.0 Å². The number of azo groups is 1. The average Bonchev–Trinajstić information content (AvgIpc) is 2.91. The van der Waals surface area contributed by atoms with Crippen molar-refractivity contribution in [3.05, 3.63) is 59.1 Å². The third-order valence-electron chi connectivity index (χ3n) is 3.82. The molecule has 0 saturated carbocycles. The molecule has 7 nitrogen and oxygen atoms in total. The van der Waals surface area contributed by atoms with Gasteiger partial charge in [-0.2, -0.15) is 0 Å². The standard InChI is InChI=1S/C19H16ClN3O4/c1-2-27-16(24)11-23-15-9-4-3-8-14(15)17(19(23)26)21-22-18(25)12-6-5-7-13(20)10-12/h3-10,26H,2,11H2,1H3. The molecule has 1 aromatic heterocycles. The fourth-order valence-corrected chi connectivity index (χ4v) is 2.83. The Morgan fingerprint density at radius 1 is 1.19 bits per heavy atom. The molecule has 0 fully saturated rings. The van der Waals surface area contributed by atoms with Crippen LogP contribution in [0.5, 0.6) is 5.88 Å². The van der Waals surface area contributed by atoms with E-state index in [9.17, 15) is 14.7 Å². The number of ether oxygens (including phenoxy) is 1. The van der Waals surface area contributed by atoms with Gasteiger partial charge < -0.3 is 9.84 Å². The zero-order valence-corrected chi connectivity index (χ0v) is 15.2. The normalized spacial score (nSPS) is 11.2. The summed E-state index contributed by atoms with van der Waals surface area (Å²) < 4.78 is 6.30. The summed E-state index contributed by atoms with van der Waals surface area (Å²) in [4.78, 5) is 24.0. The van der Waals surface area contributed by atoms with E-state index in [1.54, 1.807) is 49.4 Å². The van der Waals surface area contributed by atoms with E-state index in [0.717, 1.165) is 0 Å². The van der Waals surface area contributed by atoms with Crippen molar-refractivity contribution in [3.63, 3.8) is 0 Å². The number of aromatic hydroxyl groups is 1. The molecule has 1 heterocycles. The highest BCUT2D eigenvalue weighted by Crippen LogP contribution is 2.38. The summed E-state index contributed by atoms with van der Waals surface area (Å²) in [5, 5.41) is 19.1. The zero-order chi connectivity index (χ0) is 19.4. The number of benzene rings is 2. The Labute approximate surface area is 159 Å². The molecule has 138 valence electrons. The van der Waals surface area contributed by atoms with Crippen LogP contribution in [0, 0.1) is 0 Å². The lowest BCUT2D eigenvalue weighted by Gasteiger charge is -2.06. The number of rotatable bonds is 5. The highest BCUT2D eigenvalue weighted by atomic mass is 35.5. The molecular formula is C19H16ClN3O4. The summed E-state index contributed by atoms with van der Waals surface area (Å²) in [6, 6.07) is 13.3. The fraction of sp³-hybridized carbons (Fsp3) is 0.158. The molecule has 8 heteroatoms. The molecule has 1 amide bonds. The van der Waals surface area contributed by atoms with Crippen LogP contribution in [0.3, 0.4) is 0 Å². The van der Waals surface area contributed by atoms with E-state index in [1.807, 2.05) is 0 Å². The second-order valence-corrected chi connectivity index (χ2v) is 6.03. The lowest BCUT2D eigenvalue weighted by molar-refractivity contribution is -0.143. The van der Waals surface area contributed by atoms with Crippen molar-refractivity contribution in [1.29, 1.82) is 0 Å². The largest absolute Gasteiger partial charge is 0.493 e. The summed E-state index contributed by atoms with van der Waals surface area (Å²) in [7, 11) is 0. The molecule has 0 atom stereocenters. The maximum Gasteiger partial charge on any atom is 0.326 e. The highest BCUT2D eigenvalue weighted by Gasteiger charge is 2.19. The fourth-order valence-electron chi connectivity index (χ4n) is 2.64. The molecule has 0 bridgehead atoms. The van der Waals surface area contributed by atoms with Crippen molar-refractivity contribution in [1.82, 2.24) is 4.57 Å². The SMILES string of the molecule is CCOC(=O)Cn1c(O)c(N=NC(=O)c2cccc(Cl)c2)c2ccccc21. The molecule has 1 N–H and O–H groups in total. The molecule has 2 aromatic carbocycles. The van der Waals surface area contributed by atoms with Gasteiger partial charge in [-0.25, -0.2) is 0 Å². The Bertz CT molecular complexity index is 1040. The van der Waals surface area contributed by atoms with E-state index in [4.69, 9.17) is 16.3 Å². The van der Waals surface area contributed by atoms with E-state index in [2.05, 4.69) is 10.2 Å². The van der Waals surface area contributed by atoms with Crippen LogP contribution in [0.4, 0.5) is 5.69 Å². The number of esters is 1. The van der Waals surface area contributed by atoms with E-state index in [0.29, 0.717) is 15.9 Å². The number of nitrogens with zero attached hydrogens (tertiary/aromatic N) is 3. The minimum Gasteiger partial charge on any atom is -0.493 e. The lowest BCUT2D eigenvalue weighted by Crippen LogP contribution is -2.12. The van der Waals surface area contributed by atoms with Gasteiger partial charge in [0.2, 0.25) is 5.88 Å². The van der Waals surface area contributed by atoms with Crippen molar-refractivity contribution >= 4 is 40.1 Å². The molecule has 3 aromatic rings. The Balaban J connectivity index is 1.98. The number of fused-ring (bicyclic) bond motifs is 1. The van der Waals surface area contributed by atoms with Crippen molar-refractivity contribution in [2.45, 2.75) is 13.5 Å². The average molecular weight is 386 g/mol. The monoisotopic (exact) mass is 385 g/mol. The van der Waals surface area contributed by atoms with Crippen molar-refractivity contribution in [2.75, 3.05) is 6.61 Å². The first kappa shape index (κ1) is 18.6. The summed E-state index contributed by atoms with van der Waals surface area (Å²) >= 11 is 5.88. The van der Waals surface area contributed by atoms with Gasteiger partial charge in [-0.15, -0.1) is 10.2 Å². The van der Waals surface area contributed by atoms with Crippen LogP contribution in [0.2, 0.25) is 5.02 Å². The summed E-state index contributed by atoms with van der Waals surface area (Å²) in [5.74, 6) is -1.36. The van der Waals surface area contributed by atoms with E-state index >= 15 is 0 Å². The minimum absolute atomic E-state index is 0.102. The lowest BCUT2D eigenvalue weighted by atomic mass is 10.2. The van der Waals surface area contributed by atoms with E-state index in [-0.39, 0.29) is 30.3 Å². The zero-order valence-electron chi connectivity index (χ0n) is 14.4. The predicted molar refractivity (Wildman–Crippen MR) is 101 cm³/mol. The van der Waals surface area contributed by atoms with Crippen LogP contribution >= 0.6 is 11.6 Å².